The fraction of sp³-hybridized carbons (Fsp3) is 0.125. The third-order valence-electron chi connectivity index (χ3n) is 1.65. The number of hydrogen-bond donors (Lipinski definition) is 0. The van der Waals surface area contributed by atoms with Crippen LogP contribution in [0.4, 0.5) is 26.3 Å². The summed E-state index contributed by atoms with van der Waals surface area (Å²) in [5.74, 6) is -6.64. The van der Waals surface area contributed by atoms with Gasteiger partial charge < -0.3 is 0 Å². The molecule has 0 aromatic heterocycles. The number of alkyl halides is 3. The maximum Gasteiger partial charge on any atom is 0.422 e. The number of benzene rings is 1. The van der Waals surface area contributed by atoms with Crippen molar-refractivity contribution < 1.29 is 31.1 Å². The summed E-state index contributed by atoms with van der Waals surface area (Å²) in [6.45, 7) is 0. The van der Waals surface area contributed by atoms with Crippen molar-refractivity contribution in [1.29, 1.82) is 0 Å². The number of carbonyl (C=O) groups excluding carboxylic acids is 1. The zero-order valence-electron chi connectivity index (χ0n) is 7.13. The van der Waals surface area contributed by atoms with E-state index in [2.05, 4.69) is 0 Å². The molecule has 0 saturated carbocycles. The summed E-state index contributed by atoms with van der Waals surface area (Å²) in [6, 6.07) is -0.0325. The van der Waals surface area contributed by atoms with Gasteiger partial charge in [0.1, 0.15) is 5.56 Å². The summed E-state index contributed by atoms with van der Waals surface area (Å²) >= 11 is 4.72. The summed E-state index contributed by atoms with van der Waals surface area (Å²) < 4.78 is 74.8. The summed E-state index contributed by atoms with van der Waals surface area (Å²) in [5.41, 5.74) is -3.84. The van der Waals surface area contributed by atoms with Crippen LogP contribution < -0.4 is 0 Å². The molecule has 16 heavy (non-hydrogen) atoms. The van der Waals surface area contributed by atoms with E-state index in [4.69, 9.17) is 11.6 Å². The van der Waals surface area contributed by atoms with Gasteiger partial charge in [-0.25, -0.2) is 13.2 Å². The number of rotatable bonds is 1. The number of halogens is 7. The molecule has 1 rings (SSSR count). The summed E-state index contributed by atoms with van der Waals surface area (Å²) in [5, 5.41) is -1.65. The number of hydrogen-bond acceptors (Lipinski definition) is 1. The Balaban J connectivity index is 3.66. The van der Waals surface area contributed by atoms with Crippen LogP contribution >= 0.6 is 11.6 Å². The lowest BCUT2D eigenvalue weighted by molar-refractivity contribution is -0.142. The molecule has 0 aliphatic carbocycles. The van der Waals surface area contributed by atoms with Crippen LogP contribution in [0, 0.1) is 17.5 Å². The normalized spacial score (nSPS) is 11.7. The van der Waals surface area contributed by atoms with Gasteiger partial charge in [0.25, 0.3) is 5.24 Å². The molecule has 0 heterocycles. The second-order valence-corrected chi connectivity index (χ2v) is 3.02. The number of carbonyl (C=O) groups is 1. The first-order chi connectivity index (χ1) is 7.16. The van der Waals surface area contributed by atoms with Crippen molar-refractivity contribution in [2.24, 2.45) is 0 Å². The lowest BCUT2D eigenvalue weighted by atomic mass is 10.1. The lowest BCUT2D eigenvalue weighted by Gasteiger charge is -2.11. The fourth-order valence-electron chi connectivity index (χ4n) is 0.996. The van der Waals surface area contributed by atoms with Gasteiger partial charge in [-0.15, -0.1) is 0 Å². The Morgan fingerprint density at radius 1 is 1.12 bits per heavy atom. The Morgan fingerprint density at radius 2 is 1.62 bits per heavy atom. The lowest BCUT2D eigenvalue weighted by Crippen LogP contribution is -2.15. The Labute approximate surface area is 89.6 Å². The third-order valence-corrected chi connectivity index (χ3v) is 1.86. The van der Waals surface area contributed by atoms with Crippen molar-refractivity contribution in [3.63, 3.8) is 0 Å². The molecule has 0 amide bonds. The van der Waals surface area contributed by atoms with Gasteiger partial charge in [0.2, 0.25) is 0 Å². The molecule has 0 radical (unpaired) electrons. The quantitative estimate of drug-likeness (QED) is 0.430. The molecule has 0 saturated heterocycles. The Morgan fingerprint density at radius 3 is 2.00 bits per heavy atom. The van der Waals surface area contributed by atoms with E-state index in [1.807, 2.05) is 0 Å². The predicted molar refractivity (Wildman–Crippen MR) is 41.5 cm³/mol. The van der Waals surface area contributed by atoms with Crippen LogP contribution in [-0.4, -0.2) is 5.24 Å². The third kappa shape index (κ3) is 2.13. The molecule has 1 aromatic rings. The van der Waals surface area contributed by atoms with Crippen LogP contribution in [0.5, 0.6) is 0 Å². The first-order valence-corrected chi connectivity index (χ1v) is 3.98. The molecule has 0 N–H and O–H groups in total. The Kier molecular flexibility index (Phi) is 3.18. The molecule has 1 aromatic carbocycles. The van der Waals surface area contributed by atoms with Crippen LogP contribution in [-0.2, 0) is 6.18 Å². The molecular formula is C8HClF6O. The van der Waals surface area contributed by atoms with Crippen LogP contribution in [0.3, 0.4) is 0 Å². The average molecular weight is 263 g/mol. The minimum atomic E-state index is -5.46. The standard InChI is InChI=1S/C8HClF6O/c9-7(16)2-1-3(10)6(12)4(5(2)11)8(13,14)15/h1H. The van der Waals surface area contributed by atoms with Crippen LogP contribution in [0.15, 0.2) is 6.07 Å². The van der Waals surface area contributed by atoms with E-state index >= 15 is 0 Å². The second kappa shape index (κ2) is 3.97. The zero-order chi connectivity index (χ0) is 12.7. The molecule has 8 heteroatoms. The minimum Gasteiger partial charge on any atom is -0.275 e. The highest BCUT2D eigenvalue weighted by atomic mass is 35.5. The Bertz CT molecular complexity index is 453. The van der Waals surface area contributed by atoms with Gasteiger partial charge in [-0.3, -0.25) is 4.79 Å². The maximum absolute atomic E-state index is 13.0. The molecule has 1 nitrogen and oxygen atoms in total. The van der Waals surface area contributed by atoms with Gasteiger partial charge in [-0.05, 0) is 17.7 Å². The van der Waals surface area contributed by atoms with E-state index in [1.165, 1.54) is 0 Å². The minimum absolute atomic E-state index is 0.0325. The van der Waals surface area contributed by atoms with Gasteiger partial charge in [0.15, 0.2) is 17.5 Å². The molecule has 0 spiro atoms. The fourth-order valence-corrected chi connectivity index (χ4v) is 1.13. The van der Waals surface area contributed by atoms with Crippen LogP contribution in [0.1, 0.15) is 15.9 Å². The molecule has 0 fully saturated rings. The summed E-state index contributed by atoms with van der Waals surface area (Å²) in [4.78, 5) is 10.5. The van der Waals surface area contributed by atoms with Gasteiger partial charge in [0, 0.05) is 0 Å². The first-order valence-electron chi connectivity index (χ1n) is 3.60. The Hall–Kier alpha value is -1.24. The smallest absolute Gasteiger partial charge is 0.275 e. The van der Waals surface area contributed by atoms with Crippen molar-refractivity contribution in [2.45, 2.75) is 6.18 Å². The SMILES string of the molecule is O=C(Cl)c1cc(F)c(F)c(C(F)(F)F)c1F. The first kappa shape index (κ1) is 12.8. The van der Waals surface area contributed by atoms with E-state index in [9.17, 15) is 31.1 Å². The van der Waals surface area contributed by atoms with E-state index in [1.54, 1.807) is 0 Å². The molecule has 88 valence electrons. The molecule has 0 atom stereocenters. The van der Waals surface area contributed by atoms with Crippen LogP contribution in [0.2, 0.25) is 0 Å². The maximum atomic E-state index is 13.0. The van der Waals surface area contributed by atoms with Gasteiger partial charge >= 0.3 is 6.18 Å². The average Bonchev–Trinajstić information content (AvgIpc) is 2.08. The van der Waals surface area contributed by atoms with E-state index in [-0.39, 0.29) is 6.07 Å². The van der Waals surface area contributed by atoms with Gasteiger partial charge in [0.05, 0.1) is 5.56 Å². The summed E-state index contributed by atoms with van der Waals surface area (Å²) in [6.07, 6.45) is -5.46. The van der Waals surface area contributed by atoms with Gasteiger partial charge in [-0.2, -0.15) is 13.2 Å². The topological polar surface area (TPSA) is 17.1 Å². The van der Waals surface area contributed by atoms with Crippen LogP contribution in [0.25, 0.3) is 0 Å². The van der Waals surface area contributed by atoms with Crippen molar-refractivity contribution in [3.8, 4) is 0 Å². The van der Waals surface area contributed by atoms with Crippen molar-refractivity contribution in [3.05, 3.63) is 34.6 Å². The van der Waals surface area contributed by atoms with E-state index in [0.717, 1.165) is 0 Å². The second-order valence-electron chi connectivity index (χ2n) is 2.68. The monoisotopic (exact) mass is 262 g/mol. The molecule has 0 aliphatic heterocycles. The van der Waals surface area contributed by atoms with E-state index in [0.29, 0.717) is 0 Å². The molecular weight excluding hydrogens is 262 g/mol. The zero-order valence-corrected chi connectivity index (χ0v) is 7.89. The highest BCUT2D eigenvalue weighted by Crippen LogP contribution is 2.36. The molecule has 0 unspecified atom stereocenters. The van der Waals surface area contributed by atoms with Crippen molar-refractivity contribution in [1.82, 2.24) is 0 Å². The largest absolute Gasteiger partial charge is 0.422 e. The van der Waals surface area contributed by atoms with Crippen molar-refractivity contribution >= 4 is 16.8 Å². The van der Waals surface area contributed by atoms with E-state index < -0.39 is 40.0 Å². The highest BCUT2D eigenvalue weighted by molar-refractivity contribution is 6.67. The molecule has 0 bridgehead atoms. The van der Waals surface area contributed by atoms with Gasteiger partial charge in [-0.1, -0.05) is 0 Å². The predicted octanol–water partition coefficient (Wildman–Crippen LogP) is 3.50. The summed E-state index contributed by atoms with van der Waals surface area (Å²) in [7, 11) is 0. The highest BCUT2D eigenvalue weighted by Gasteiger charge is 2.41. The molecule has 0 aliphatic rings. The van der Waals surface area contributed by atoms with Crippen molar-refractivity contribution in [2.75, 3.05) is 0 Å².